The predicted molar refractivity (Wildman–Crippen MR) is 97.7 cm³/mol. The number of nitrogens with zero attached hydrogens (tertiary/aromatic N) is 1. The lowest BCUT2D eigenvalue weighted by Crippen LogP contribution is -2.37. The van der Waals surface area contributed by atoms with E-state index in [1.807, 2.05) is 23.1 Å². The van der Waals surface area contributed by atoms with Gasteiger partial charge in [0.2, 0.25) is 0 Å². The van der Waals surface area contributed by atoms with E-state index in [1.165, 1.54) is 11.1 Å². The highest BCUT2D eigenvalue weighted by molar-refractivity contribution is 9.10. The first-order valence-corrected chi connectivity index (χ1v) is 8.81. The van der Waals surface area contributed by atoms with E-state index in [2.05, 4.69) is 61.0 Å². The first-order valence-electron chi connectivity index (χ1n) is 8.02. The Kier molecular flexibility index (Phi) is 4.33. The zero-order chi connectivity index (χ0) is 16.6. The van der Waals surface area contributed by atoms with Crippen molar-refractivity contribution < 1.29 is 4.79 Å². The highest BCUT2D eigenvalue weighted by Crippen LogP contribution is 2.28. The molecule has 1 heterocycles. The monoisotopic (exact) mass is 371 g/mol. The SMILES string of the molecule is CC(C)(C)c1ccc2c(c1)CCN(Cc1ccc(Br)cc1)C2=O. The minimum atomic E-state index is 0.118. The highest BCUT2D eigenvalue weighted by Gasteiger charge is 2.26. The third kappa shape index (κ3) is 3.50. The van der Waals surface area contributed by atoms with Crippen molar-refractivity contribution in [3.8, 4) is 0 Å². The summed E-state index contributed by atoms with van der Waals surface area (Å²) in [7, 11) is 0. The summed E-state index contributed by atoms with van der Waals surface area (Å²) in [4.78, 5) is 14.7. The molecule has 23 heavy (non-hydrogen) atoms. The van der Waals surface area contributed by atoms with Crippen LogP contribution < -0.4 is 0 Å². The van der Waals surface area contributed by atoms with Gasteiger partial charge in [0.15, 0.2) is 0 Å². The van der Waals surface area contributed by atoms with E-state index in [9.17, 15) is 4.79 Å². The molecule has 0 spiro atoms. The van der Waals surface area contributed by atoms with Crippen LogP contribution in [0.5, 0.6) is 0 Å². The molecule has 0 unspecified atom stereocenters. The van der Waals surface area contributed by atoms with E-state index in [0.29, 0.717) is 6.54 Å². The zero-order valence-corrected chi connectivity index (χ0v) is 15.5. The highest BCUT2D eigenvalue weighted by atomic mass is 79.9. The molecule has 2 nitrogen and oxygen atoms in total. The van der Waals surface area contributed by atoms with E-state index >= 15 is 0 Å². The number of amides is 1. The number of hydrogen-bond acceptors (Lipinski definition) is 1. The van der Waals surface area contributed by atoms with Crippen molar-refractivity contribution in [2.24, 2.45) is 0 Å². The summed E-state index contributed by atoms with van der Waals surface area (Å²) >= 11 is 3.45. The van der Waals surface area contributed by atoms with Crippen LogP contribution in [0.25, 0.3) is 0 Å². The largest absolute Gasteiger partial charge is 0.334 e. The molecule has 120 valence electrons. The maximum absolute atomic E-state index is 12.8. The second-order valence-electron chi connectivity index (χ2n) is 7.23. The summed E-state index contributed by atoms with van der Waals surface area (Å²) < 4.78 is 1.06. The molecule has 3 rings (SSSR count). The maximum atomic E-state index is 12.8. The molecule has 1 aliphatic rings. The molecule has 1 aliphatic heterocycles. The minimum absolute atomic E-state index is 0.118. The van der Waals surface area contributed by atoms with Gasteiger partial charge in [0.1, 0.15) is 0 Å². The molecule has 0 N–H and O–H groups in total. The Morgan fingerprint density at radius 2 is 1.78 bits per heavy atom. The van der Waals surface area contributed by atoms with Gasteiger partial charge in [0, 0.05) is 23.1 Å². The van der Waals surface area contributed by atoms with Gasteiger partial charge in [0.25, 0.3) is 5.91 Å². The summed E-state index contributed by atoms with van der Waals surface area (Å²) in [5, 5.41) is 0. The van der Waals surface area contributed by atoms with Crippen molar-refractivity contribution in [2.45, 2.75) is 39.2 Å². The molecule has 1 amide bonds. The molecule has 0 saturated heterocycles. The number of carbonyl (C=O) groups excluding carboxylic acids is 1. The van der Waals surface area contributed by atoms with Crippen LogP contribution >= 0.6 is 15.9 Å². The number of carbonyl (C=O) groups is 1. The van der Waals surface area contributed by atoms with Gasteiger partial charge >= 0.3 is 0 Å². The molecular weight excluding hydrogens is 350 g/mol. The van der Waals surface area contributed by atoms with Crippen LogP contribution in [0, 0.1) is 0 Å². The standard InChI is InChI=1S/C20H22BrNO/c1-20(2,3)16-6-9-18-15(12-16)10-11-22(19(18)23)13-14-4-7-17(21)8-5-14/h4-9,12H,10-11,13H2,1-3H3. The fourth-order valence-corrected chi connectivity index (χ4v) is 3.23. The minimum Gasteiger partial charge on any atom is -0.334 e. The van der Waals surface area contributed by atoms with Gasteiger partial charge in [0.05, 0.1) is 0 Å². The van der Waals surface area contributed by atoms with Crippen molar-refractivity contribution in [2.75, 3.05) is 6.54 Å². The number of benzene rings is 2. The van der Waals surface area contributed by atoms with Gasteiger partial charge in [-0.3, -0.25) is 4.79 Å². The summed E-state index contributed by atoms with van der Waals surface area (Å²) in [6.07, 6.45) is 0.932. The Hall–Kier alpha value is -1.61. The zero-order valence-electron chi connectivity index (χ0n) is 13.9. The van der Waals surface area contributed by atoms with E-state index in [-0.39, 0.29) is 11.3 Å². The molecule has 0 aliphatic carbocycles. The smallest absolute Gasteiger partial charge is 0.254 e. The van der Waals surface area contributed by atoms with Gasteiger partial charge in [-0.1, -0.05) is 61.0 Å². The number of rotatable bonds is 2. The molecule has 3 heteroatoms. The Bertz CT molecular complexity index is 728. The Morgan fingerprint density at radius 3 is 2.43 bits per heavy atom. The maximum Gasteiger partial charge on any atom is 0.254 e. The Labute approximate surface area is 146 Å². The Morgan fingerprint density at radius 1 is 1.09 bits per heavy atom. The lowest BCUT2D eigenvalue weighted by atomic mass is 9.84. The van der Waals surface area contributed by atoms with Crippen LogP contribution in [0.1, 0.15) is 47.8 Å². The molecule has 0 aromatic heterocycles. The first-order chi connectivity index (χ1) is 10.8. The normalized spacial score (nSPS) is 14.8. The summed E-state index contributed by atoms with van der Waals surface area (Å²) in [5.41, 5.74) is 4.63. The van der Waals surface area contributed by atoms with Crippen LogP contribution in [-0.4, -0.2) is 17.4 Å². The Balaban J connectivity index is 1.82. The molecule has 0 radical (unpaired) electrons. The van der Waals surface area contributed by atoms with Gasteiger partial charge < -0.3 is 4.90 Å². The molecule has 0 bridgehead atoms. The summed E-state index contributed by atoms with van der Waals surface area (Å²) in [5.74, 6) is 0.148. The van der Waals surface area contributed by atoms with E-state index in [1.54, 1.807) is 0 Å². The van der Waals surface area contributed by atoms with Crippen LogP contribution in [0.2, 0.25) is 0 Å². The van der Waals surface area contributed by atoms with Crippen molar-refractivity contribution in [3.63, 3.8) is 0 Å². The molecule has 0 atom stereocenters. The van der Waals surface area contributed by atoms with E-state index in [0.717, 1.165) is 28.6 Å². The number of halogens is 1. The fraction of sp³-hybridized carbons (Fsp3) is 0.350. The van der Waals surface area contributed by atoms with E-state index in [4.69, 9.17) is 0 Å². The third-order valence-electron chi connectivity index (χ3n) is 4.43. The topological polar surface area (TPSA) is 20.3 Å². The predicted octanol–water partition coefficient (Wildman–Crippen LogP) is 4.95. The van der Waals surface area contributed by atoms with Crippen molar-refractivity contribution in [1.29, 1.82) is 0 Å². The van der Waals surface area contributed by atoms with Gasteiger partial charge in [-0.2, -0.15) is 0 Å². The molecular formula is C20H22BrNO. The lowest BCUT2D eigenvalue weighted by Gasteiger charge is -2.30. The third-order valence-corrected chi connectivity index (χ3v) is 4.96. The molecule has 0 fully saturated rings. The van der Waals surface area contributed by atoms with Gasteiger partial charge in [-0.15, -0.1) is 0 Å². The van der Waals surface area contributed by atoms with Crippen LogP contribution in [0.15, 0.2) is 46.9 Å². The van der Waals surface area contributed by atoms with Crippen LogP contribution in [-0.2, 0) is 18.4 Å². The van der Waals surface area contributed by atoms with E-state index < -0.39 is 0 Å². The molecule has 0 saturated carbocycles. The summed E-state index contributed by atoms with van der Waals surface area (Å²) in [6, 6.07) is 14.5. The average molecular weight is 372 g/mol. The lowest BCUT2D eigenvalue weighted by molar-refractivity contribution is 0.0727. The van der Waals surface area contributed by atoms with Crippen LogP contribution in [0.4, 0.5) is 0 Å². The second kappa shape index (κ2) is 6.12. The molecule has 2 aromatic carbocycles. The average Bonchev–Trinajstić information content (AvgIpc) is 2.51. The van der Waals surface area contributed by atoms with Crippen molar-refractivity contribution in [1.82, 2.24) is 4.90 Å². The van der Waals surface area contributed by atoms with Crippen molar-refractivity contribution in [3.05, 3.63) is 69.2 Å². The summed E-state index contributed by atoms with van der Waals surface area (Å²) in [6.45, 7) is 8.08. The van der Waals surface area contributed by atoms with Crippen LogP contribution in [0.3, 0.4) is 0 Å². The van der Waals surface area contributed by atoms with Gasteiger partial charge in [-0.05, 0) is 46.7 Å². The number of fused-ring (bicyclic) bond motifs is 1. The second-order valence-corrected chi connectivity index (χ2v) is 8.14. The first kappa shape index (κ1) is 16.3. The quantitative estimate of drug-likeness (QED) is 0.731. The number of hydrogen-bond donors (Lipinski definition) is 0. The van der Waals surface area contributed by atoms with Gasteiger partial charge in [-0.25, -0.2) is 0 Å². The fourth-order valence-electron chi connectivity index (χ4n) is 2.96. The van der Waals surface area contributed by atoms with Crippen molar-refractivity contribution >= 4 is 21.8 Å². The molecule has 2 aromatic rings.